The zero-order valence-corrected chi connectivity index (χ0v) is 33.3. The molecule has 7 rings (SSSR count). The first-order chi connectivity index (χ1) is 20.8. The van der Waals surface area contributed by atoms with E-state index >= 15 is 0 Å². The van der Waals surface area contributed by atoms with Gasteiger partial charge in [-0.2, -0.15) is 29.2 Å². The Morgan fingerprint density at radius 2 is 1.50 bits per heavy atom. The molecule has 0 bridgehead atoms. The molecule has 5 unspecified atom stereocenters. The molecule has 0 aliphatic heterocycles. The maximum absolute atomic E-state index is 4.97. The first kappa shape index (κ1) is 38.3. The molecule has 0 radical (unpaired) electrons. The van der Waals surface area contributed by atoms with Crippen LogP contribution in [0.5, 0.6) is 0 Å². The van der Waals surface area contributed by atoms with Crippen LogP contribution in [0.15, 0.2) is 65.5 Å². The number of fused-ring (bicyclic) bond motifs is 8. The van der Waals surface area contributed by atoms with Gasteiger partial charge in [-0.05, 0) is 59.9 Å². The van der Waals surface area contributed by atoms with E-state index in [1.165, 1.54) is 41.8 Å². The first-order valence-electron chi connectivity index (χ1n) is 16.2. The van der Waals surface area contributed by atoms with E-state index < -0.39 is 0 Å². The number of furan rings is 1. The molecular weight excluding hydrogens is 683 g/mol. The van der Waals surface area contributed by atoms with Crippen molar-refractivity contribution in [3.63, 3.8) is 0 Å². The summed E-state index contributed by atoms with van der Waals surface area (Å²) in [6.45, 7) is 25.4. The molecule has 3 aliphatic carbocycles. The van der Waals surface area contributed by atoms with E-state index in [2.05, 4.69) is 125 Å². The van der Waals surface area contributed by atoms with Crippen molar-refractivity contribution in [1.82, 2.24) is 0 Å². The molecule has 4 aromatic rings. The first-order valence-corrected chi connectivity index (χ1v) is 17.5. The second-order valence-electron chi connectivity index (χ2n) is 13.6. The van der Waals surface area contributed by atoms with Crippen molar-refractivity contribution >= 4 is 19.6 Å². The minimum absolute atomic E-state index is 0. The number of rotatable bonds is 1. The number of halogens is 2. The van der Waals surface area contributed by atoms with E-state index in [4.69, 9.17) is 4.42 Å². The fourth-order valence-electron chi connectivity index (χ4n) is 7.62. The van der Waals surface area contributed by atoms with Gasteiger partial charge in [0.1, 0.15) is 0 Å². The summed E-state index contributed by atoms with van der Waals surface area (Å²) in [7, 11) is 0. The summed E-state index contributed by atoms with van der Waals surface area (Å²) < 4.78 is 6.47. The quantitative estimate of drug-likeness (QED) is 0.231. The van der Waals surface area contributed by atoms with Crippen LogP contribution in [-0.4, -0.2) is 3.21 Å². The fraction of sp³-hybridized carbons (Fsp3) is 0.381. The third-order valence-electron chi connectivity index (χ3n) is 10.5. The summed E-state index contributed by atoms with van der Waals surface area (Å²) in [6.07, 6.45) is 10.9. The molecule has 5 atom stereocenters. The number of benzene rings is 3. The topological polar surface area (TPSA) is 13.1 Å². The molecule has 1 nitrogen and oxygen atoms in total. The number of aryl methyl sites for hydroxylation is 1. The fourth-order valence-corrected chi connectivity index (χ4v) is 7.62. The van der Waals surface area contributed by atoms with E-state index in [1.54, 1.807) is 64.9 Å². The minimum Gasteiger partial charge on any atom is -1.00 e. The van der Waals surface area contributed by atoms with E-state index in [1.807, 2.05) is 6.07 Å². The van der Waals surface area contributed by atoms with Gasteiger partial charge in [0, 0.05) is 6.26 Å². The Bertz CT molecular complexity index is 1770. The molecule has 1 aromatic heterocycles. The molecule has 0 N–H and O–H groups in total. The summed E-state index contributed by atoms with van der Waals surface area (Å²) in [5.74, 6) is 4.38. The average molecular weight is 731 g/mol. The summed E-state index contributed by atoms with van der Waals surface area (Å²) in [6, 6.07) is 13.6. The Hall–Kier alpha value is -2.12. The van der Waals surface area contributed by atoms with Gasteiger partial charge < -0.3 is 29.2 Å². The Balaban J connectivity index is 0.000000283. The standard InChI is InChI=1S/C29H33.C10H9O.C3H6.2ClH.Zr/c1-14-13-24-25(18(5)15(14)2)21(8)28-27-20(7)17(4)16(3)19(6)26(27)22-11-9-10-12-23(22)29(24)28;1-8-2-3-9(6-8)10-4-5-11-7-10;1-3-2;;;/h9-13,16-17,19,21H,1-8H3;2-5,7-8H,1H3;1-2H3;2*1H;/q2*-1;;;;+2/p-2. The maximum Gasteiger partial charge on any atom is -0.0264 e. The molecule has 0 fully saturated rings. The van der Waals surface area contributed by atoms with Crippen LogP contribution in [-0.2, 0) is 24.2 Å². The van der Waals surface area contributed by atoms with Crippen LogP contribution in [0.3, 0.4) is 0 Å². The van der Waals surface area contributed by atoms with Gasteiger partial charge in [0.25, 0.3) is 0 Å². The molecule has 0 saturated heterocycles. The van der Waals surface area contributed by atoms with Gasteiger partial charge in [-0.25, -0.2) is 0 Å². The van der Waals surface area contributed by atoms with Gasteiger partial charge in [-0.15, -0.1) is 17.2 Å². The normalized spacial score (nSPS) is 21.8. The van der Waals surface area contributed by atoms with Crippen molar-refractivity contribution in [2.75, 3.05) is 0 Å². The van der Waals surface area contributed by atoms with Crippen molar-refractivity contribution in [1.29, 1.82) is 0 Å². The Morgan fingerprint density at radius 1 is 0.870 bits per heavy atom. The van der Waals surface area contributed by atoms with Gasteiger partial charge in [-0.1, -0.05) is 118 Å². The predicted octanol–water partition coefficient (Wildman–Crippen LogP) is 5.65. The van der Waals surface area contributed by atoms with E-state index in [-0.39, 0.29) is 24.8 Å². The molecule has 0 amide bonds. The van der Waals surface area contributed by atoms with Gasteiger partial charge in [0.05, 0.1) is 6.26 Å². The van der Waals surface area contributed by atoms with Crippen molar-refractivity contribution in [2.45, 2.75) is 88.0 Å². The van der Waals surface area contributed by atoms with Crippen LogP contribution in [0.1, 0.15) is 112 Å². The number of allylic oxidation sites excluding steroid dienone is 4. The van der Waals surface area contributed by atoms with Gasteiger partial charge in [-0.3, -0.25) is 0 Å². The maximum atomic E-state index is 4.97. The Labute approximate surface area is 305 Å². The van der Waals surface area contributed by atoms with Crippen LogP contribution in [0, 0.1) is 50.5 Å². The average Bonchev–Trinajstić information content (AvgIpc) is 3.73. The molecule has 3 aliphatic rings. The third-order valence-corrected chi connectivity index (χ3v) is 10.5. The number of hydrogen-bond donors (Lipinski definition) is 0. The smallest absolute Gasteiger partial charge is 0.0264 e. The Morgan fingerprint density at radius 3 is 2.07 bits per heavy atom. The summed E-state index contributed by atoms with van der Waals surface area (Å²) in [5.41, 5.74) is 16.0. The van der Waals surface area contributed by atoms with E-state index in [0.29, 0.717) is 29.6 Å². The van der Waals surface area contributed by atoms with Gasteiger partial charge in [0.2, 0.25) is 0 Å². The van der Waals surface area contributed by atoms with Crippen LogP contribution in [0.2, 0.25) is 0 Å². The van der Waals surface area contributed by atoms with Crippen LogP contribution in [0.4, 0.5) is 0 Å². The van der Waals surface area contributed by atoms with Crippen molar-refractivity contribution in [3.8, 4) is 11.1 Å². The predicted molar refractivity (Wildman–Crippen MR) is 186 cm³/mol. The third kappa shape index (κ3) is 6.88. The molecular formula is C42H48Cl2OZr-2. The molecule has 46 heavy (non-hydrogen) atoms. The van der Waals surface area contributed by atoms with Crippen molar-refractivity contribution in [3.05, 3.63) is 118 Å². The van der Waals surface area contributed by atoms with Crippen molar-refractivity contribution < 1.29 is 53.5 Å². The van der Waals surface area contributed by atoms with Crippen LogP contribution >= 0.6 is 0 Å². The van der Waals surface area contributed by atoms with Crippen LogP contribution in [0.25, 0.3) is 27.5 Å². The van der Waals surface area contributed by atoms with E-state index in [0.717, 1.165) is 11.1 Å². The minimum atomic E-state index is 0. The summed E-state index contributed by atoms with van der Waals surface area (Å²) >= 11 is 1.55. The second kappa shape index (κ2) is 15.4. The monoisotopic (exact) mass is 728 g/mol. The summed E-state index contributed by atoms with van der Waals surface area (Å²) in [5, 5.41) is 2.93. The molecule has 0 saturated carbocycles. The SMILES string of the molecule is CC1[C-]=C(c2ccoc2)C=C1.C[C](C)=[Zr+2].Cc1cc2c(c(C)c1C)C(C)c1c3c(c4ccccc4c1-2)C(C)C(C)C(C)[C-]3C.[Cl-].[Cl-]. The zero-order valence-electron chi connectivity index (χ0n) is 29.3. The molecule has 3 aromatic carbocycles. The molecule has 0 spiro atoms. The van der Waals surface area contributed by atoms with Crippen molar-refractivity contribution in [2.24, 2.45) is 17.8 Å². The second-order valence-corrected chi connectivity index (χ2v) is 16.0. The van der Waals surface area contributed by atoms with Gasteiger partial charge >= 0.3 is 41.3 Å². The molecule has 242 valence electrons. The van der Waals surface area contributed by atoms with Gasteiger partial charge in [0.15, 0.2) is 0 Å². The number of hydrogen-bond acceptors (Lipinski definition) is 1. The van der Waals surface area contributed by atoms with E-state index in [9.17, 15) is 0 Å². The summed E-state index contributed by atoms with van der Waals surface area (Å²) in [4.78, 5) is 0. The Kier molecular flexibility index (Phi) is 12.8. The zero-order chi connectivity index (χ0) is 32.0. The molecule has 1 heterocycles. The molecule has 4 heteroatoms. The van der Waals surface area contributed by atoms with Crippen LogP contribution < -0.4 is 24.8 Å². The largest absolute Gasteiger partial charge is 1.00 e.